The van der Waals surface area contributed by atoms with E-state index in [0.717, 1.165) is 12.8 Å². The average Bonchev–Trinajstić information content (AvgIpc) is 2.35. The van der Waals surface area contributed by atoms with Gasteiger partial charge in [-0.05, 0) is 12.8 Å². The fraction of sp³-hybridized carbons (Fsp3) is 1.00. The van der Waals surface area contributed by atoms with Gasteiger partial charge in [-0.1, -0.05) is 65.2 Å². The lowest BCUT2D eigenvalue weighted by atomic mass is 10.0. The molecule has 17 heavy (non-hydrogen) atoms. The summed E-state index contributed by atoms with van der Waals surface area (Å²) in [6.07, 6.45) is 13.0. The Hall–Kier alpha value is -0.0800. The van der Waals surface area contributed by atoms with Gasteiger partial charge in [-0.25, -0.2) is 5.11 Å². The van der Waals surface area contributed by atoms with Crippen LogP contribution in [0, 0.1) is 0 Å². The van der Waals surface area contributed by atoms with Crippen LogP contribution in [0.4, 0.5) is 0 Å². The molecular weight excluding hydrogens is 212 g/mol. The first-order valence-corrected chi connectivity index (χ1v) is 7.54. The summed E-state index contributed by atoms with van der Waals surface area (Å²) in [6.45, 7) is 4.76. The van der Waals surface area contributed by atoms with Gasteiger partial charge in [0, 0.05) is 0 Å². The Kier molecular flexibility index (Phi) is 13.9. The van der Waals surface area contributed by atoms with Gasteiger partial charge >= 0.3 is 0 Å². The molecule has 0 amide bonds. The molecule has 0 aromatic carbocycles. The molecule has 0 fully saturated rings. The highest BCUT2D eigenvalue weighted by molar-refractivity contribution is 4.59. The number of hydrogen-bond donors (Lipinski definition) is 0. The molecule has 0 aromatic rings. The minimum Gasteiger partial charge on any atom is -0.376 e. The zero-order chi connectivity index (χ0) is 12.8. The highest BCUT2D eigenvalue weighted by atomic mass is 16.5. The Morgan fingerprint density at radius 3 is 1.94 bits per heavy atom. The maximum Gasteiger partial charge on any atom is 0.106 e. The van der Waals surface area contributed by atoms with Crippen LogP contribution in [0.3, 0.4) is 0 Å². The van der Waals surface area contributed by atoms with E-state index in [-0.39, 0.29) is 6.61 Å². The summed E-state index contributed by atoms with van der Waals surface area (Å²) < 4.78 is 5.63. The van der Waals surface area contributed by atoms with E-state index in [4.69, 9.17) is 4.74 Å². The molecule has 0 aliphatic heterocycles. The van der Waals surface area contributed by atoms with Crippen molar-refractivity contribution < 1.29 is 9.84 Å². The monoisotopic (exact) mass is 243 g/mol. The lowest BCUT2D eigenvalue weighted by molar-refractivity contribution is 0.00222. The minimum absolute atomic E-state index is 0.0971. The Balaban J connectivity index is 3.53. The summed E-state index contributed by atoms with van der Waals surface area (Å²) in [7, 11) is 0. The quantitative estimate of drug-likeness (QED) is 0.429. The van der Waals surface area contributed by atoms with Crippen LogP contribution < -0.4 is 0 Å². The fourth-order valence-corrected chi connectivity index (χ4v) is 2.12. The third kappa shape index (κ3) is 12.2. The second-order valence-corrected chi connectivity index (χ2v) is 4.90. The van der Waals surface area contributed by atoms with Crippen molar-refractivity contribution in [3.8, 4) is 0 Å². The Labute approximate surface area is 108 Å². The van der Waals surface area contributed by atoms with E-state index in [0.29, 0.717) is 12.7 Å². The van der Waals surface area contributed by atoms with Gasteiger partial charge in [0.15, 0.2) is 0 Å². The van der Waals surface area contributed by atoms with Gasteiger partial charge < -0.3 is 4.74 Å². The average molecular weight is 243 g/mol. The fourth-order valence-electron chi connectivity index (χ4n) is 2.12. The van der Waals surface area contributed by atoms with Crippen LogP contribution in [0.25, 0.3) is 0 Å². The third-order valence-corrected chi connectivity index (χ3v) is 3.20. The molecule has 1 unspecified atom stereocenters. The predicted molar refractivity (Wildman–Crippen MR) is 72.8 cm³/mol. The van der Waals surface area contributed by atoms with E-state index < -0.39 is 0 Å². The SMILES string of the molecule is CCCCCCCC(CCCCC)OCC[O]. The van der Waals surface area contributed by atoms with Crippen LogP contribution in [0.1, 0.15) is 78.1 Å². The Bertz CT molecular complexity index is 137. The summed E-state index contributed by atoms with van der Waals surface area (Å²) in [5.41, 5.74) is 0. The molecule has 0 saturated heterocycles. The van der Waals surface area contributed by atoms with Crippen molar-refractivity contribution in [2.75, 3.05) is 13.2 Å². The normalized spacial score (nSPS) is 12.9. The van der Waals surface area contributed by atoms with Gasteiger partial charge in [0.1, 0.15) is 6.61 Å². The molecule has 0 spiro atoms. The maximum absolute atomic E-state index is 10.5. The summed E-state index contributed by atoms with van der Waals surface area (Å²) in [4.78, 5) is 0. The molecule has 0 N–H and O–H groups in total. The summed E-state index contributed by atoms with van der Waals surface area (Å²) >= 11 is 0. The standard InChI is InChI=1S/C15H31O2/c1-3-5-7-8-10-12-15(17-14-13-16)11-9-6-4-2/h15H,3-14H2,1-2H3. The van der Waals surface area contributed by atoms with Crippen molar-refractivity contribution in [1.29, 1.82) is 0 Å². The molecule has 0 aliphatic carbocycles. The molecule has 0 aromatic heterocycles. The van der Waals surface area contributed by atoms with E-state index in [9.17, 15) is 5.11 Å². The Morgan fingerprint density at radius 1 is 0.824 bits per heavy atom. The Morgan fingerprint density at radius 2 is 1.35 bits per heavy atom. The topological polar surface area (TPSA) is 29.1 Å². The molecule has 0 saturated carbocycles. The van der Waals surface area contributed by atoms with Crippen molar-refractivity contribution >= 4 is 0 Å². The largest absolute Gasteiger partial charge is 0.376 e. The zero-order valence-corrected chi connectivity index (χ0v) is 11.9. The van der Waals surface area contributed by atoms with E-state index in [1.54, 1.807) is 0 Å². The molecule has 1 radical (unpaired) electrons. The van der Waals surface area contributed by atoms with Gasteiger partial charge in [0.25, 0.3) is 0 Å². The van der Waals surface area contributed by atoms with Crippen molar-refractivity contribution in [2.45, 2.75) is 84.2 Å². The van der Waals surface area contributed by atoms with Crippen molar-refractivity contribution in [1.82, 2.24) is 0 Å². The molecule has 1 atom stereocenters. The molecule has 0 aliphatic rings. The highest BCUT2D eigenvalue weighted by Crippen LogP contribution is 2.15. The van der Waals surface area contributed by atoms with Crippen LogP contribution in [0.15, 0.2) is 0 Å². The molecule has 2 heteroatoms. The first-order valence-electron chi connectivity index (χ1n) is 7.54. The molecule has 0 heterocycles. The van der Waals surface area contributed by atoms with Crippen molar-refractivity contribution in [3.63, 3.8) is 0 Å². The van der Waals surface area contributed by atoms with Gasteiger partial charge in [0.05, 0.1) is 12.7 Å². The summed E-state index contributed by atoms with van der Waals surface area (Å²) in [5, 5.41) is 10.5. The van der Waals surface area contributed by atoms with E-state index in [1.165, 1.54) is 51.4 Å². The van der Waals surface area contributed by atoms with Gasteiger partial charge in [-0.2, -0.15) is 0 Å². The lowest BCUT2D eigenvalue weighted by Gasteiger charge is -2.17. The molecular formula is C15H31O2. The molecule has 103 valence electrons. The van der Waals surface area contributed by atoms with Crippen molar-refractivity contribution in [3.05, 3.63) is 0 Å². The minimum atomic E-state index is -0.0971. The van der Waals surface area contributed by atoms with Crippen LogP contribution in [0.2, 0.25) is 0 Å². The lowest BCUT2D eigenvalue weighted by Crippen LogP contribution is -2.15. The molecule has 0 bridgehead atoms. The maximum atomic E-state index is 10.5. The summed E-state index contributed by atoms with van der Waals surface area (Å²) in [6, 6.07) is 0. The van der Waals surface area contributed by atoms with Crippen LogP contribution in [-0.2, 0) is 9.84 Å². The molecule has 0 rings (SSSR count). The van der Waals surface area contributed by atoms with E-state index >= 15 is 0 Å². The predicted octanol–water partition coefficient (Wildman–Crippen LogP) is 4.74. The van der Waals surface area contributed by atoms with Crippen LogP contribution >= 0.6 is 0 Å². The first kappa shape index (κ1) is 16.9. The highest BCUT2D eigenvalue weighted by Gasteiger charge is 2.08. The number of hydrogen-bond acceptors (Lipinski definition) is 1. The first-order chi connectivity index (χ1) is 8.35. The van der Waals surface area contributed by atoms with Gasteiger partial charge in [0.2, 0.25) is 0 Å². The number of unbranched alkanes of at least 4 members (excludes halogenated alkanes) is 6. The third-order valence-electron chi connectivity index (χ3n) is 3.20. The van der Waals surface area contributed by atoms with E-state index in [2.05, 4.69) is 13.8 Å². The summed E-state index contributed by atoms with van der Waals surface area (Å²) in [5.74, 6) is 0. The second kappa shape index (κ2) is 14.0. The van der Waals surface area contributed by atoms with Gasteiger partial charge in [-0.15, -0.1) is 0 Å². The second-order valence-electron chi connectivity index (χ2n) is 4.90. The smallest absolute Gasteiger partial charge is 0.106 e. The van der Waals surface area contributed by atoms with Gasteiger partial charge in [-0.3, -0.25) is 0 Å². The number of rotatable bonds is 13. The van der Waals surface area contributed by atoms with Crippen LogP contribution in [-0.4, -0.2) is 19.3 Å². The van der Waals surface area contributed by atoms with E-state index in [1.807, 2.05) is 0 Å². The number of ether oxygens (including phenoxy) is 1. The van der Waals surface area contributed by atoms with Crippen molar-refractivity contribution in [2.24, 2.45) is 0 Å². The zero-order valence-electron chi connectivity index (χ0n) is 11.9. The molecule has 2 nitrogen and oxygen atoms in total. The van der Waals surface area contributed by atoms with Crippen LogP contribution in [0.5, 0.6) is 0 Å².